The molecule has 150 valence electrons. The standard InChI is InChI=1S/C21H26N2O4S/c1-14(2)11-12-27-18-8-6-5-7-16(18)20(24)23-21(28)22-17-13-15(25-3)9-10-19(17)26-4/h5-10,13-14H,11-12H2,1-4H3,(H2,22,23,24,28). The summed E-state index contributed by atoms with van der Waals surface area (Å²) in [6.07, 6.45) is 0.908. The molecule has 6 nitrogen and oxygen atoms in total. The van der Waals surface area contributed by atoms with Crippen LogP contribution >= 0.6 is 12.2 Å². The molecule has 0 saturated carbocycles. The molecule has 0 aliphatic heterocycles. The van der Waals surface area contributed by atoms with Gasteiger partial charge in [-0.25, -0.2) is 0 Å². The molecule has 1 amide bonds. The topological polar surface area (TPSA) is 68.8 Å². The van der Waals surface area contributed by atoms with Crippen LogP contribution < -0.4 is 24.8 Å². The highest BCUT2D eigenvalue weighted by Crippen LogP contribution is 2.28. The first-order chi connectivity index (χ1) is 13.4. The van der Waals surface area contributed by atoms with Gasteiger partial charge in [0, 0.05) is 6.07 Å². The van der Waals surface area contributed by atoms with Gasteiger partial charge >= 0.3 is 0 Å². The molecule has 2 aromatic rings. The van der Waals surface area contributed by atoms with Crippen LogP contribution in [-0.4, -0.2) is 31.8 Å². The second-order valence-corrected chi connectivity index (χ2v) is 6.91. The van der Waals surface area contributed by atoms with Crippen LogP contribution in [0.15, 0.2) is 42.5 Å². The monoisotopic (exact) mass is 402 g/mol. The van der Waals surface area contributed by atoms with Crippen molar-refractivity contribution in [3.8, 4) is 17.2 Å². The number of thiocarbonyl (C=S) groups is 1. The highest BCUT2D eigenvalue weighted by atomic mass is 32.1. The van der Waals surface area contributed by atoms with Crippen molar-refractivity contribution in [1.82, 2.24) is 5.32 Å². The molecule has 0 bridgehead atoms. The second kappa shape index (κ2) is 10.5. The van der Waals surface area contributed by atoms with Crippen molar-refractivity contribution < 1.29 is 19.0 Å². The van der Waals surface area contributed by atoms with E-state index in [-0.39, 0.29) is 11.0 Å². The van der Waals surface area contributed by atoms with Gasteiger partial charge in [-0.1, -0.05) is 26.0 Å². The predicted molar refractivity (Wildman–Crippen MR) is 115 cm³/mol. The Morgan fingerprint density at radius 2 is 1.82 bits per heavy atom. The van der Waals surface area contributed by atoms with Gasteiger partial charge < -0.3 is 19.5 Å². The van der Waals surface area contributed by atoms with Crippen LogP contribution in [0, 0.1) is 5.92 Å². The number of hydrogen-bond acceptors (Lipinski definition) is 5. The number of benzene rings is 2. The number of carbonyl (C=O) groups is 1. The Hall–Kier alpha value is -2.80. The lowest BCUT2D eigenvalue weighted by Gasteiger charge is -2.15. The number of amides is 1. The minimum atomic E-state index is -0.348. The molecule has 0 aliphatic rings. The van der Waals surface area contributed by atoms with Crippen LogP contribution in [0.25, 0.3) is 0 Å². The first kappa shape index (κ1) is 21.5. The molecule has 0 aromatic heterocycles. The predicted octanol–water partition coefficient (Wildman–Crippen LogP) is 4.26. The fraction of sp³-hybridized carbons (Fsp3) is 0.333. The smallest absolute Gasteiger partial charge is 0.261 e. The maximum Gasteiger partial charge on any atom is 0.261 e. The summed E-state index contributed by atoms with van der Waals surface area (Å²) < 4.78 is 16.3. The van der Waals surface area contributed by atoms with Crippen LogP contribution in [0.3, 0.4) is 0 Å². The first-order valence-electron chi connectivity index (χ1n) is 9.00. The Balaban J connectivity index is 2.06. The van der Waals surface area contributed by atoms with Gasteiger partial charge in [0.1, 0.15) is 17.2 Å². The quantitative estimate of drug-likeness (QED) is 0.643. The van der Waals surface area contributed by atoms with E-state index >= 15 is 0 Å². The number of anilines is 1. The SMILES string of the molecule is COc1ccc(OC)c(NC(=S)NC(=O)c2ccccc2OCCC(C)C)c1. The average molecular weight is 403 g/mol. The fourth-order valence-electron chi connectivity index (χ4n) is 2.42. The molecule has 0 spiro atoms. The van der Waals surface area contributed by atoms with E-state index in [1.165, 1.54) is 0 Å². The van der Waals surface area contributed by atoms with E-state index in [1.807, 2.05) is 6.07 Å². The third-order valence-electron chi connectivity index (χ3n) is 3.97. The van der Waals surface area contributed by atoms with E-state index in [0.29, 0.717) is 41.0 Å². The highest BCUT2D eigenvalue weighted by Gasteiger charge is 2.15. The van der Waals surface area contributed by atoms with Crippen LogP contribution in [0.2, 0.25) is 0 Å². The molecule has 28 heavy (non-hydrogen) atoms. The summed E-state index contributed by atoms with van der Waals surface area (Å²) in [6.45, 7) is 4.80. The summed E-state index contributed by atoms with van der Waals surface area (Å²) in [7, 11) is 3.13. The molecule has 0 aliphatic carbocycles. The van der Waals surface area contributed by atoms with Crippen molar-refractivity contribution in [3.63, 3.8) is 0 Å². The highest BCUT2D eigenvalue weighted by molar-refractivity contribution is 7.80. The van der Waals surface area contributed by atoms with Crippen molar-refractivity contribution in [1.29, 1.82) is 0 Å². The van der Waals surface area contributed by atoms with E-state index in [4.69, 9.17) is 26.4 Å². The lowest BCUT2D eigenvalue weighted by atomic mass is 10.1. The number of methoxy groups -OCH3 is 2. The lowest BCUT2D eigenvalue weighted by Crippen LogP contribution is -2.34. The van der Waals surface area contributed by atoms with Gasteiger partial charge in [-0.15, -0.1) is 0 Å². The van der Waals surface area contributed by atoms with Gasteiger partial charge in [-0.05, 0) is 48.8 Å². The van der Waals surface area contributed by atoms with E-state index in [0.717, 1.165) is 6.42 Å². The molecule has 2 aromatic carbocycles. The molecular formula is C21H26N2O4S. The van der Waals surface area contributed by atoms with E-state index in [9.17, 15) is 4.79 Å². The van der Waals surface area contributed by atoms with Crippen molar-refractivity contribution in [2.45, 2.75) is 20.3 Å². The fourth-order valence-corrected chi connectivity index (χ4v) is 2.62. The number of para-hydroxylation sites is 1. The minimum Gasteiger partial charge on any atom is -0.497 e. The Morgan fingerprint density at radius 1 is 1.07 bits per heavy atom. The summed E-state index contributed by atoms with van der Waals surface area (Å²) in [4.78, 5) is 12.7. The molecule has 0 saturated heterocycles. The van der Waals surface area contributed by atoms with Crippen molar-refractivity contribution >= 4 is 28.9 Å². The average Bonchev–Trinajstić information content (AvgIpc) is 2.67. The van der Waals surface area contributed by atoms with Crippen molar-refractivity contribution in [2.24, 2.45) is 5.92 Å². The number of rotatable bonds is 8. The Morgan fingerprint density at radius 3 is 2.50 bits per heavy atom. The normalized spacial score (nSPS) is 10.3. The maximum absolute atomic E-state index is 12.7. The summed E-state index contributed by atoms with van der Waals surface area (Å²) >= 11 is 5.28. The summed E-state index contributed by atoms with van der Waals surface area (Å²) in [6, 6.07) is 12.4. The third-order valence-corrected chi connectivity index (χ3v) is 4.17. The van der Waals surface area contributed by atoms with Gasteiger partial charge in [-0.3, -0.25) is 10.1 Å². The molecular weight excluding hydrogens is 376 g/mol. The van der Waals surface area contributed by atoms with Gasteiger partial charge in [0.15, 0.2) is 5.11 Å². The molecule has 0 atom stereocenters. The molecule has 7 heteroatoms. The molecule has 0 radical (unpaired) electrons. The van der Waals surface area contributed by atoms with Crippen molar-refractivity contribution in [2.75, 3.05) is 26.1 Å². The van der Waals surface area contributed by atoms with Gasteiger partial charge in [-0.2, -0.15) is 0 Å². The van der Waals surface area contributed by atoms with E-state index < -0.39 is 0 Å². The lowest BCUT2D eigenvalue weighted by molar-refractivity contribution is 0.0973. The molecule has 0 unspecified atom stereocenters. The van der Waals surface area contributed by atoms with Crippen LogP contribution in [0.4, 0.5) is 5.69 Å². The van der Waals surface area contributed by atoms with E-state index in [1.54, 1.807) is 50.6 Å². The summed E-state index contributed by atoms with van der Waals surface area (Å²) in [5.41, 5.74) is 1.02. The zero-order chi connectivity index (χ0) is 20.5. The van der Waals surface area contributed by atoms with Crippen LogP contribution in [0.1, 0.15) is 30.6 Å². The van der Waals surface area contributed by atoms with Crippen LogP contribution in [-0.2, 0) is 0 Å². The molecule has 2 rings (SSSR count). The number of nitrogens with one attached hydrogen (secondary N) is 2. The minimum absolute atomic E-state index is 0.147. The van der Waals surface area contributed by atoms with Gasteiger partial charge in [0.2, 0.25) is 0 Å². The maximum atomic E-state index is 12.7. The largest absolute Gasteiger partial charge is 0.497 e. The van der Waals surface area contributed by atoms with Gasteiger partial charge in [0.25, 0.3) is 5.91 Å². The zero-order valence-electron chi connectivity index (χ0n) is 16.6. The molecule has 0 heterocycles. The van der Waals surface area contributed by atoms with E-state index in [2.05, 4.69) is 24.5 Å². The molecule has 2 N–H and O–H groups in total. The summed E-state index contributed by atoms with van der Waals surface area (Å²) in [5.74, 6) is 1.92. The van der Waals surface area contributed by atoms with Crippen molar-refractivity contribution in [3.05, 3.63) is 48.0 Å². The molecule has 0 fully saturated rings. The number of ether oxygens (including phenoxy) is 3. The zero-order valence-corrected chi connectivity index (χ0v) is 17.4. The van der Waals surface area contributed by atoms with Crippen LogP contribution in [0.5, 0.6) is 17.2 Å². The summed E-state index contributed by atoms with van der Waals surface area (Å²) in [5, 5.41) is 5.79. The first-order valence-corrected chi connectivity index (χ1v) is 9.41. The number of hydrogen-bond donors (Lipinski definition) is 2. The Labute approximate surface area is 171 Å². The van der Waals surface area contributed by atoms with Gasteiger partial charge in [0.05, 0.1) is 32.1 Å². The number of carbonyl (C=O) groups excluding carboxylic acids is 1. The Bertz CT molecular complexity index is 824. The second-order valence-electron chi connectivity index (χ2n) is 6.50. The third kappa shape index (κ3) is 6.13. The Kier molecular flexibility index (Phi) is 8.07.